The monoisotopic (exact) mass is 298 g/mol. The molecule has 3 N–H and O–H groups in total. The van der Waals surface area contributed by atoms with Crippen LogP contribution in [0, 0.1) is 0 Å². The van der Waals surface area contributed by atoms with Crippen molar-refractivity contribution in [3.63, 3.8) is 0 Å². The van der Waals surface area contributed by atoms with Crippen LogP contribution in [-0.2, 0) is 13.1 Å². The number of anilines is 2. The van der Waals surface area contributed by atoms with E-state index in [1.165, 1.54) is 0 Å². The average molecular weight is 298 g/mol. The molecular weight excluding hydrogens is 276 g/mol. The Morgan fingerprint density at radius 2 is 1.95 bits per heavy atom. The standard InChI is InChI=1S/C16H22N6/c1-2-3-7-18-15-14-13(19-16(17)20-15)6-10-22(14)12-11-21-8-4-5-9-21/h4-6,8-10H,2-3,7,11-12H2,1H3,(H3,17,18,19,20). The molecule has 0 atom stereocenters. The average Bonchev–Trinajstić information content (AvgIpc) is 3.14. The molecule has 0 saturated heterocycles. The zero-order chi connectivity index (χ0) is 15.4. The van der Waals surface area contributed by atoms with Crippen LogP contribution in [0.15, 0.2) is 36.8 Å². The predicted octanol–water partition coefficient (Wildman–Crippen LogP) is 2.73. The third kappa shape index (κ3) is 3.05. The molecule has 22 heavy (non-hydrogen) atoms. The van der Waals surface area contributed by atoms with Crippen LogP contribution in [0.1, 0.15) is 19.8 Å². The van der Waals surface area contributed by atoms with Crippen LogP contribution in [-0.4, -0.2) is 25.6 Å². The molecule has 0 spiro atoms. The number of nitrogen functional groups attached to an aromatic ring is 1. The normalized spacial score (nSPS) is 11.1. The summed E-state index contributed by atoms with van der Waals surface area (Å²) in [4.78, 5) is 8.71. The first-order chi connectivity index (χ1) is 10.8. The van der Waals surface area contributed by atoms with Crippen LogP contribution in [0.25, 0.3) is 11.0 Å². The first-order valence-electron chi connectivity index (χ1n) is 7.75. The van der Waals surface area contributed by atoms with Gasteiger partial charge in [-0.25, -0.2) is 4.98 Å². The van der Waals surface area contributed by atoms with E-state index in [4.69, 9.17) is 5.73 Å². The van der Waals surface area contributed by atoms with Gasteiger partial charge < -0.3 is 20.2 Å². The van der Waals surface area contributed by atoms with Gasteiger partial charge in [0.15, 0.2) is 5.82 Å². The third-order valence-electron chi connectivity index (χ3n) is 3.72. The second-order valence-corrected chi connectivity index (χ2v) is 5.37. The van der Waals surface area contributed by atoms with Crippen molar-refractivity contribution in [2.75, 3.05) is 17.6 Å². The Bertz CT molecular complexity index is 729. The van der Waals surface area contributed by atoms with E-state index >= 15 is 0 Å². The summed E-state index contributed by atoms with van der Waals surface area (Å²) in [6, 6.07) is 6.07. The van der Waals surface area contributed by atoms with E-state index in [2.05, 4.69) is 43.7 Å². The molecule has 6 heteroatoms. The highest BCUT2D eigenvalue weighted by atomic mass is 15.1. The second-order valence-electron chi connectivity index (χ2n) is 5.37. The summed E-state index contributed by atoms with van der Waals surface area (Å²) in [7, 11) is 0. The number of aromatic nitrogens is 4. The molecule has 0 aliphatic rings. The number of unbranched alkanes of at least 4 members (excludes halogenated alkanes) is 1. The maximum Gasteiger partial charge on any atom is 0.222 e. The van der Waals surface area contributed by atoms with Crippen molar-refractivity contribution >= 4 is 22.8 Å². The molecule has 0 aromatic carbocycles. The van der Waals surface area contributed by atoms with Crippen molar-refractivity contribution in [2.45, 2.75) is 32.9 Å². The highest BCUT2D eigenvalue weighted by molar-refractivity contribution is 5.87. The van der Waals surface area contributed by atoms with Crippen molar-refractivity contribution in [3.05, 3.63) is 36.8 Å². The van der Waals surface area contributed by atoms with Crippen LogP contribution < -0.4 is 11.1 Å². The van der Waals surface area contributed by atoms with Gasteiger partial charge in [-0.1, -0.05) is 13.3 Å². The lowest BCUT2D eigenvalue weighted by Crippen LogP contribution is -2.10. The quantitative estimate of drug-likeness (QED) is 0.658. The number of fused-ring (bicyclic) bond motifs is 1. The summed E-state index contributed by atoms with van der Waals surface area (Å²) in [5, 5.41) is 3.39. The van der Waals surface area contributed by atoms with E-state index in [1.807, 2.05) is 24.4 Å². The molecule has 116 valence electrons. The lowest BCUT2D eigenvalue weighted by Gasteiger charge is -2.11. The summed E-state index contributed by atoms with van der Waals surface area (Å²) < 4.78 is 4.34. The Morgan fingerprint density at radius 1 is 1.14 bits per heavy atom. The molecule has 0 aliphatic heterocycles. The summed E-state index contributed by atoms with van der Waals surface area (Å²) in [5.41, 5.74) is 7.73. The van der Waals surface area contributed by atoms with Gasteiger partial charge in [-0.05, 0) is 24.6 Å². The Labute approximate surface area is 130 Å². The molecule has 0 amide bonds. The SMILES string of the molecule is CCCCNc1nc(N)nc2ccn(CCn3cccc3)c12. The van der Waals surface area contributed by atoms with E-state index in [1.54, 1.807) is 0 Å². The Morgan fingerprint density at radius 3 is 2.73 bits per heavy atom. The van der Waals surface area contributed by atoms with Gasteiger partial charge in [0, 0.05) is 38.2 Å². The molecule has 0 unspecified atom stereocenters. The summed E-state index contributed by atoms with van der Waals surface area (Å²) in [6.45, 7) is 4.85. The molecule has 3 rings (SSSR count). The van der Waals surface area contributed by atoms with Crippen molar-refractivity contribution in [1.29, 1.82) is 0 Å². The van der Waals surface area contributed by atoms with Crippen LogP contribution in [0.4, 0.5) is 11.8 Å². The van der Waals surface area contributed by atoms with E-state index in [-0.39, 0.29) is 0 Å². The summed E-state index contributed by atoms with van der Waals surface area (Å²) >= 11 is 0. The Balaban J connectivity index is 1.86. The number of hydrogen-bond acceptors (Lipinski definition) is 4. The molecule has 0 aliphatic carbocycles. The zero-order valence-corrected chi connectivity index (χ0v) is 12.9. The van der Waals surface area contributed by atoms with Crippen LogP contribution in [0.5, 0.6) is 0 Å². The van der Waals surface area contributed by atoms with Gasteiger partial charge in [0.1, 0.15) is 5.52 Å². The maximum absolute atomic E-state index is 5.81. The van der Waals surface area contributed by atoms with E-state index in [0.29, 0.717) is 5.95 Å². The summed E-state index contributed by atoms with van der Waals surface area (Å²) in [5.74, 6) is 1.14. The minimum absolute atomic E-state index is 0.314. The smallest absolute Gasteiger partial charge is 0.222 e. The largest absolute Gasteiger partial charge is 0.368 e. The van der Waals surface area contributed by atoms with Crippen LogP contribution >= 0.6 is 0 Å². The highest BCUT2D eigenvalue weighted by Gasteiger charge is 2.11. The van der Waals surface area contributed by atoms with E-state index in [0.717, 1.165) is 49.3 Å². The van der Waals surface area contributed by atoms with Gasteiger partial charge in [-0.2, -0.15) is 4.98 Å². The minimum Gasteiger partial charge on any atom is -0.368 e. The van der Waals surface area contributed by atoms with Crippen molar-refractivity contribution in [2.24, 2.45) is 0 Å². The fourth-order valence-corrected chi connectivity index (χ4v) is 2.56. The molecule has 3 heterocycles. The molecule has 0 bridgehead atoms. The zero-order valence-electron chi connectivity index (χ0n) is 12.9. The Kier molecular flexibility index (Phi) is 4.27. The number of nitrogens with one attached hydrogen (secondary N) is 1. The Hall–Kier alpha value is -2.50. The fourth-order valence-electron chi connectivity index (χ4n) is 2.56. The molecular formula is C16H22N6. The van der Waals surface area contributed by atoms with Crippen LogP contribution in [0.2, 0.25) is 0 Å². The number of nitrogens with zero attached hydrogens (tertiary/aromatic N) is 4. The van der Waals surface area contributed by atoms with Gasteiger partial charge in [0.25, 0.3) is 0 Å². The lowest BCUT2D eigenvalue weighted by atomic mass is 10.3. The first kappa shape index (κ1) is 14.4. The molecule has 6 nitrogen and oxygen atoms in total. The van der Waals surface area contributed by atoms with E-state index in [9.17, 15) is 0 Å². The van der Waals surface area contributed by atoms with Crippen molar-refractivity contribution in [3.8, 4) is 0 Å². The second kappa shape index (κ2) is 6.51. The molecule has 3 aromatic rings. The van der Waals surface area contributed by atoms with Gasteiger partial charge in [-0.3, -0.25) is 0 Å². The topological polar surface area (TPSA) is 73.7 Å². The fraction of sp³-hybridized carbons (Fsp3) is 0.375. The lowest BCUT2D eigenvalue weighted by molar-refractivity contribution is 0.594. The number of aryl methyl sites for hydroxylation is 2. The molecule has 0 saturated carbocycles. The van der Waals surface area contributed by atoms with Gasteiger partial charge in [0.05, 0.1) is 5.52 Å². The third-order valence-corrected chi connectivity index (χ3v) is 3.72. The first-order valence-corrected chi connectivity index (χ1v) is 7.75. The molecule has 0 fully saturated rings. The van der Waals surface area contributed by atoms with Gasteiger partial charge in [0.2, 0.25) is 5.95 Å². The molecule has 3 aromatic heterocycles. The van der Waals surface area contributed by atoms with Gasteiger partial charge in [-0.15, -0.1) is 0 Å². The maximum atomic E-state index is 5.81. The molecule has 0 radical (unpaired) electrons. The number of rotatable bonds is 7. The predicted molar refractivity (Wildman–Crippen MR) is 89.8 cm³/mol. The number of hydrogen-bond donors (Lipinski definition) is 2. The van der Waals surface area contributed by atoms with E-state index < -0.39 is 0 Å². The van der Waals surface area contributed by atoms with Crippen molar-refractivity contribution < 1.29 is 0 Å². The van der Waals surface area contributed by atoms with Crippen molar-refractivity contribution in [1.82, 2.24) is 19.1 Å². The summed E-state index contributed by atoms with van der Waals surface area (Å²) in [6.07, 6.45) is 8.44. The van der Waals surface area contributed by atoms with Crippen LogP contribution in [0.3, 0.4) is 0 Å². The number of nitrogens with two attached hydrogens (primary N) is 1. The minimum atomic E-state index is 0.314. The van der Waals surface area contributed by atoms with Gasteiger partial charge >= 0.3 is 0 Å². The highest BCUT2D eigenvalue weighted by Crippen LogP contribution is 2.22.